The fourth-order valence-electron chi connectivity index (χ4n) is 0.555. The summed E-state index contributed by atoms with van der Waals surface area (Å²) in [4.78, 5) is 3.18. The number of nitrogens with zero attached hydrogens (tertiary/aromatic N) is 1. The van der Waals surface area contributed by atoms with Gasteiger partial charge in [-0.25, -0.2) is 4.85 Å². The summed E-state index contributed by atoms with van der Waals surface area (Å²) < 4.78 is 0. The first kappa shape index (κ1) is 7.40. The highest BCUT2D eigenvalue weighted by atomic mass is 35.5. The predicted octanol–water partition coefficient (Wildman–Crippen LogP) is 3.54. The summed E-state index contributed by atoms with van der Waals surface area (Å²) in [5.74, 6) is 0. The summed E-state index contributed by atoms with van der Waals surface area (Å²) >= 11 is 11.2. The van der Waals surface area contributed by atoms with Gasteiger partial charge in [0.2, 0.25) is 0 Å². The van der Waals surface area contributed by atoms with Crippen molar-refractivity contribution in [3.05, 3.63) is 39.7 Å². The first-order valence-electron chi connectivity index (χ1n) is 2.56. The van der Waals surface area contributed by atoms with Gasteiger partial charge in [0.25, 0.3) is 0 Å². The third kappa shape index (κ3) is 1.41. The van der Waals surface area contributed by atoms with Crippen molar-refractivity contribution >= 4 is 28.9 Å². The van der Waals surface area contributed by atoms with Crippen molar-refractivity contribution in [3.8, 4) is 0 Å². The Labute approximate surface area is 69.0 Å². The minimum Gasteiger partial charge on any atom is -0.238 e. The summed E-state index contributed by atoms with van der Waals surface area (Å²) in [6.07, 6.45) is 0. The standard InChI is InChI=1S/C7H3Cl2N/c1-10-5-2-3-6(8)7(9)4-5/h2-4H. The molecule has 0 bridgehead atoms. The summed E-state index contributed by atoms with van der Waals surface area (Å²) in [5, 5.41) is 0.907. The van der Waals surface area contributed by atoms with Crippen LogP contribution in [0, 0.1) is 6.57 Å². The van der Waals surface area contributed by atoms with Crippen LogP contribution in [0.1, 0.15) is 0 Å². The lowest BCUT2D eigenvalue weighted by Gasteiger charge is -1.92. The van der Waals surface area contributed by atoms with Crippen molar-refractivity contribution in [2.75, 3.05) is 0 Å². The molecule has 0 saturated heterocycles. The zero-order valence-electron chi connectivity index (χ0n) is 4.94. The Hall–Kier alpha value is -0.710. The molecular formula is C7H3Cl2N. The average molecular weight is 172 g/mol. The molecule has 0 aliphatic carbocycles. The zero-order chi connectivity index (χ0) is 7.56. The number of halogens is 2. The Bertz CT molecular complexity index is 288. The smallest absolute Gasteiger partial charge is 0.188 e. The summed E-state index contributed by atoms with van der Waals surface area (Å²) in [6, 6.07) is 4.77. The van der Waals surface area contributed by atoms with Crippen LogP contribution in [-0.2, 0) is 0 Å². The second-order valence-electron chi connectivity index (χ2n) is 1.71. The predicted molar refractivity (Wildman–Crippen MR) is 42.7 cm³/mol. The molecule has 0 fully saturated rings. The normalized spacial score (nSPS) is 8.90. The monoisotopic (exact) mass is 171 g/mol. The van der Waals surface area contributed by atoms with Crippen molar-refractivity contribution in [1.29, 1.82) is 0 Å². The lowest BCUT2D eigenvalue weighted by molar-refractivity contribution is 1.71. The molecule has 0 spiro atoms. The van der Waals surface area contributed by atoms with Gasteiger partial charge in [0.1, 0.15) is 0 Å². The van der Waals surface area contributed by atoms with E-state index in [0.29, 0.717) is 15.7 Å². The molecule has 0 amide bonds. The van der Waals surface area contributed by atoms with Crippen LogP contribution in [0.4, 0.5) is 5.69 Å². The lowest BCUT2D eigenvalue weighted by atomic mass is 10.3. The van der Waals surface area contributed by atoms with E-state index in [2.05, 4.69) is 4.85 Å². The highest BCUT2D eigenvalue weighted by Gasteiger charge is 1.96. The quantitative estimate of drug-likeness (QED) is 0.527. The maximum Gasteiger partial charge on any atom is 0.188 e. The highest BCUT2D eigenvalue weighted by Crippen LogP contribution is 2.26. The molecule has 1 rings (SSSR count). The van der Waals surface area contributed by atoms with Gasteiger partial charge in [-0.15, -0.1) is 0 Å². The van der Waals surface area contributed by atoms with Crippen molar-refractivity contribution in [2.24, 2.45) is 0 Å². The molecule has 1 aromatic carbocycles. The fourth-order valence-corrected chi connectivity index (χ4v) is 0.847. The van der Waals surface area contributed by atoms with Crippen LogP contribution in [0.25, 0.3) is 4.85 Å². The fraction of sp³-hybridized carbons (Fsp3) is 0. The van der Waals surface area contributed by atoms with Crippen LogP contribution < -0.4 is 0 Å². The number of hydrogen-bond donors (Lipinski definition) is 0. The molecule has 10 heavy (non-hydrogen) atoms. The molecule has 0 aliphatic rings. The van der Waals surface area contributed by atoms with Gasteiger partial charge in [0.05, 0.1) is 11.6 Å². The van der Waals surface area contributed by atoms with Crippen LogP contribution in [0.3, 0.4) is 0 Å². The molecule has 0 N–H and O–H groups in total. The highest BCUT2D eigenvalue weighted by molar-refractivity contribution is 6.42. The van der Waals surface area contributed by atoms with E-state index in [0.717, 1.165) is 0 Å². The Morgan fingerprint density at radius 2 is 1.90 bits per heavy atom. The molecule has 0 saturated carbocycles. The second-order valence-corrected chi connectivity index (χ2v) is 2.52. The van der Waals surface area contributed by atoms with Crippen molar-refractivity contribution in [2.45, 2.75) is 0 Å². The van der Waals surface area contributed by atoms with E-state index >= 15 is 0 Å². The molecule has 0 aromatic heterocycles. The van der Waals surface area contributed by atoms with E-state index < -0.39 is 0 Å². The Kier molecular flexibility index (Phi) is 2.16. The summed E-state index contributed by atoms with van der Waals surface area (Å²) in [6.45, 7) is 6.63. The molecular weight excluding hydrogens is 169 g/mol. The van der Waals surface area contributed by atoms with Crippen LogP contribution in [0.2, 0.25) is 10.0 Å². The van der Waals surface area contributed by atoms with Crippen molar-refractivity contribution in [3.63, 3.8) is 0 Å². The Balaban J connectivity index is 3.20. The average Bonchev–Trinajstić information content (AvgIpc) is 1.95. The third-order valence-corrected chi connectivity index (χ3v) is 1.77. The van der Waals surface area contributed by atoms with E-state index in [-0.39, 0.29) is 0 Å². The SMILES string of the molecule is [C-]#[N+]c1ccc(Cl)c(Cl)c1. The molecule has 0 aliphatic heterocycles. The molecule has 0 heterocycles. The number of benzene rings is 1. The van der Waals surface area contributed by atoms with Gasteiger partial charge in [-0.3, -0.25) is 0 Å². The van der Waals surface area contributed by atoms with Gasteiger partial charge >= 0.3 is 0 Å². The largest absolute Gasteiger partial charge is 0.238 e. The van der Waals surface area contributed by atoms with Gasteiger partial charge in [-0.05, 0) is 6.07 Å². The summed E-state index contributed by atoms with van der Waals surface area (Å²) in [7, 11) is 0. The first-order chi connectivity index (χ1) is 4.74. The van der Waals surface area contributed by atoms with E-state index in [4.69, 9.17) is 29.8 Å². The Morgan fingerprint density at radius 3 is 2.40 bits per heavy atom. The lowest BCUT2D eigenvalue weighted by Crippen LogP contribution is -1.65. The van der Waals surface area contributed by atoms with E-state index in [1.54, 1.807) is 12.1 Å². The van der Waals surface area contributed by atoms with Crippen LogP contribution >= 0.6 is 23.2 Å². The first-order valence-corrected chi connectivity index (χ1v) is 3.32. The van der Waals surface area contributed by atoms with Gasteiger partial charge < -0.3 is 0 Å². The number of hydrogen-bond acceptors (Lipinski definition) is 0. The zero-order valence-corrected chi connectivity index (χ0v) is 6.45. The number of rotatable bonds is 0. The van der Waals surface area contributed by atoms with Gasteiger partial charge in [-0.1, -0.05) is 35.3 Å². The minimum absolute atomic E-state index is 0.426. The molecule has 3 heteroatoms. The van der Waals surface area contributed by atoms with Crippen LogP contribution in [-0.4, -0.2) is 0 Å². The molecule has 0 radical (unpaired) electrons. The maximum atomic E-state index is 6.63. The van der Waals surface area contributed by atoms with Crippen molar-refractivity contribution in [1.82, 2.24) is 0 Å². The van der Waals surface area contributed by atoms with Crippen LogP contribution in [0.15, 0.2) is 18.2 Å². The minimum atomic E-state index is 0.426. The summed E-state index contributed by atoms with van der Waals surface area (Å²) in [5.41, 5.74) is 0.509. The topological polar surface area (TPSA) is 4.36 Å². The van der Waals surface area contributed by atoms with Gasteiger partial charge in [0.15, 0.2) is 5.69 Å². The van der Waals surface area contributed by atoms with E-state index in [1.165, 1.54) is 6.07 Å². The van der Waals surface area contributed by atoms with Crippen LogP contribution in [0.5, 0.6) is 0 Å². The van der Waals surface area contributed by atoms with Gasteiger partial charge in [0, 0.05) is 5.02 Å². The van der Waals surface area contributed by atoms with E-state index in [9.17, 15) is 0 Å². The van der Waals surface area contributed by atoms with E-state index in [1.807, 2.05) is 0 Å². The molecule has 50 valence electrons. The second kappa shape index (κ2) is 2.92. The van der Waals surface area contributed by atoms with Gasteiger partial charge in [-0.2, -0.15) is 0 Å². The van der Waals surface area contributed by atoms with Crippen molar-refractivity contribution < 1.29 is 0 Å². The molecule has 1 nitrogen and oxygen atoms in total. The third-order valence-electron chi connectivity index (χ3n) is 1.03. The molecule has 0 unspecified atom stereocenters. The maximum absolute atomic E-state index is 6.63. The molecule has 0 atom stereocenters. The Morgan fingerprint density at radius 1 is 1.20 bits per heavy atom. The molecule has 1 aromatic rings.